The lowest BCUT2D eigenvalue weighted by Crippen LogP contribution is -2.36. The van der Waals surface area contributed by atoms with Crippen LogP contribution < -0.4 is 10.6 Å². The molecule has 0 spiro atoms. The van der Waals surface area contributed by atoms with E-state index in [0.29, 0.717) is 17.8 Å². The Bertz CT molecular complexity index is 895. The highest BCUT2D eigenvalue weighted by Gasteiger charge is 2.16. The molecule has 1 aliphatic heterocycles. The monoisotopic (exact) mass is 403 g/mol. The van der Waals surface area contributed by atoms with Gasteiger partial charge in [0, 0.05) is 17.9 Å². The number of carbonyl (C=O) groups is 1. The van der Waals surface area contributed by atoms with Crippen LogP contribution in [0.5, 0.6) is 0 Å². The minimum absolute atomic E-state index is 0.0102. The third-order valence-corrected chi connectivity index (χ3v) is 4.95. The van der Waals surface area contributed by atoms with E-state index in [1.54, 1.807) is 6.07 Å². The minimum atomic E-state index is -0.510. The van der Waals surface area contributed by atoms with E-state index in [1.165, 1.54) is 18.2 Å². The van der Waals surface area contributed by atoms with Crippen LogP contribution in [0.25, 0.3) is 0 Å². The van der Waals surface area contributed by atoms with Crippen LogP contribution in [0.15, 0.2) is 41.4 Å². The number of carbonyl (C=O) groups excluding carboxylic acids is 1. The van der Waals surface area contributed by atoms with Crippen molar-refractivity contribution in [2.24, 2.45) is 4.99 Å². The van der Waals surface area contributed by atoms with Crippen molar-refractivity contribution in [2.75, 3.05) is 18.5 Å². The molecule has 2 N–H and O–H groups in total. The molecule has 2 aromatic rings. The predicted molar refractivity (Wildman–Crippen MR) is 110 cm³/mol. The Hall–Kier alpha value is -2.44. The van der Waals surface area contributed by atoms with E-state index in [4.69, 9.17) is 16.3 Å². The van der Waals surface area contributed by atoms with Crippen molar-refractivity contribution in [3.05, 3.63) is 63.9 Å². The van der Waals surface area contributed by atoms with Gasteiger partial charge in [0.15, 0.2) is 0 Å². The molecule has 0 aliphatic carbocycles. The fourth-order valence-electron chi connectivity index (χ4n) is 2.86. The molecule has 1 heterocycles. The standard InChI is InChI=1S/C21H23ClFN3O2/c1-13-5-6-15(10-14(13)2)20(27)26-21(24-12-17-4-3-9-28-17)25-16-7-8-19(23)18(22)11-16/h5-8,10-11,17H,3-4,9,12H2,1-2H3,(H2,24,25,26,27). The summed E-state index contributed by atoms with van der Waals surface area (Å²) in [6, 6.07) is 9.74. The molecule has 3 rings (SSSR count). The van der Waals surface area contributed by atoms with Crippen LogP contribution in [0.4, 0.5) is 10.1 Å². The van der Waals surface area contributed by atoms with E-state index in [9.17, 15) is 9.18 Å². The second kappa shape index (κ2) is 9.17. The fraction of sp³-hybridized carbons (Fsp3) is 0.333. The molecule has 5 nitrogen and oxygen atoms in total. The average Bonchev–Trinajstić information content (AvgIpc) is 3.18. The maximum atomic E-state index is 13.4. The van der Waals surface area contributed by atoms with Crippen molar-refractivity contribution >= 4 is 29.2 Å². The molecule has 148 valence electrons. The largest absolute Gasteiger partial charge is 0.376 e. The van der Waals surface area contributed by atoms with Crippen LogP contribution in [-0.2, 0) is 4.74 Å². The van der Waals surface area contributed by atoms with E-state index in [1.807, 2.05) is 26.0 Å². The topological polar surface area (TPSA) is 62.7 Å². The zero-order chi connectivity index (χ0) is 20.1. The summed E-state index contributed by atoms with van der Waals surface area (Å²) in [5.41, 5.74) is 3.21. The minimum Gasteiger partial charge on any atom is -0.376 e. The highest BCUT2D eigenvalue weighted by molar-refractivity contribution is 6.31. The normalized spacial score (nSPS) is 16.9. The van der Waals surface area contributed by atoms with Crippen LogP contribution in [0.3, 0.4) is 0 Å². The lowest BCUT2D eigenvalue weighted by Gasteiger charge is -2.14. The number of anilines is 1. The van der Waals surface area contributed by atoms with Crippen molar-refractivity contribution in [3.63, 3.8) is 0 Å². The summed E-state index contributed by atoms with van der Waals surface area (Å²) in [4.78, 5) is 17.1. The van der Waals surface area contributed by atoms with Crippen molar-refractivity contribution in [2.45, 2.75) is 32.8 Å². The van der Waals surface area contributed by atoms with Crippen LogP contribution >= 0.6 is 11.6 Å². The molecule has 1 saturated heterocycles. The van der Waals surface area contributed by atoms with Crippen LogP contribution in [0.2, 0.25) is 5.02 Å². The Kier molecular flexibility index (Phi) is 6.65. The number of rotatable bonds is 4. The first-order valence-corrected chi connectivity index (χ1v) is 9.57. The van der Waals surface area contributed by atoms with Crippen molar-refractivity contribution in [1.82, 2.24) is 5.32 Å². The van der Waals surface area contributed by atoms with Crippen LogP contribution in [0.1, 0.15) is 34.3 Å². The maximum absolute atomic E-state index is 13.4. The molecule has 0 bridgehead atoms. The number of nitrogens with zero attached hydrogens (tertiary/aromatic N) is 1. The number of aliphatic imine (C=N–C) groups is 1. The first-order chi connectivity index (χ1) is 13.4. The van der Waals surface area contributed by atoms with Gasteiger partial charge in [-0.25, -0.2) is 9.38 Å². The smallest absolute Gasteiger partial charge is 0.257 e. The van der Waals surface area contributed by atoms with Crippen molar-refractivity contribution in [1.29, 1.82) is 0 Å². The summed E-state index contributed by atoms with van der Waals surface area (Å²) >= 11 is 5.85. The lowest BCUT2D eigenvalue weighted by atomic mass is 10.1. The first-order valence-electron chi connectivity index (χ1n) is 9.19. The molecule has 2 aromatic carbocycles. The number of ether oxygens (including phenoxy) is 1. The fourth-order valence-corrected chi connectivity index (χ4v) is 3.05. The van der Waals surface area contributed by atoms with Gasteiger partial charge in [0.2, 0.25) is 5.96 Å². The van der Waals surface area contributed by atoms with Gasteiger partial charge in [0.1, 0.15) is 5.82 Å². The molecule has 0 radical (unpaired) electrons. The highest BCUT2D eigenvalue weighted by Crippen LogP contribution is 2.19. The van der Waals surface area contributed by atoms with Gasteiger partial charge in [0.25, 0.3) is 5.91 Å². The summed E-state index contributed by atoms with van der Waals surface area (Å²) in [7, 11) is 0. The summed E-state index contributed by atoms with van der Waals surface area (Å²) in [6.45, 7) is 5.10. The van der Waals surface area contributed by atoms with Crippen molar-refractivity contribution < 1.29 is 13.9 Å². The molecule has 1 aliphatic rings. The molecule has 7 heteroatoms. The molecule has 1 fully saturated rings. The van der Waals surface area contributed by atoms with Crippen LogP contribution in [-0.4, -0.2) is 31.1 Å². The Morgan fingerprint density at radius 2 is 2.07 bits per heavy atom. The van der Waals surface area contributed by atoms with Gasteiger partial charge in [-0.3, -0.25) is 10.1 Å². The summed E-state index contributed by atoms with van der Waals surface area (Å²) in [5, 5.41) is 5.79. The van der Waals surface area contributed by atoms with Gasteiger partial charge >= 0.3 is 0 Å². The number of halogens is 2. The van der Waals surface area contributed by atoms with Gasteiger partial charge in [-0.15, -0.1) is 0 Å². The molecular formula is C21H23ClFN3O2. The van der Waals surface area contributed by atoms with E-state index in [-0.39, 0.29) is 23.0 Å². The molecule has 28 heavy (non-hydrogen) atoms. The van der Waals surface area contributed by atoms with E-state index < -0.39 is 5.82 Å². The Morgan fingerprint density at radius 3 is 2.75 bits per heavy atom. The Labute approximate surface area is 169 Å². The van der Waals surface area contributed by atoms with Gasteiger partial charge in [-0.2, -0.15) is 0 Å². The number of hydrogen-bond acceptors (Lipinski definition) is 3. The van der Waals surface area contributed by atoms with E-state index in [2.05, 4.69) is 15.6 Å². The number of benzene rings is 2. The third-order valence-electron chi connectivity index (χ3n) is 4.66. The molecule has 1 unspecified atom stereocenters. The average molecular weight is 404 g/mol. The highest BCUT2D eigenvalue weighted by atomic mass is 35.5. The summed E-state index contributed by atoms with van der Waals surface area (Å²) in [5.74, 6) is -0.527. The number of aryl methyl sites for hydroxylation is 2. The van der Waals surface area contributed by atoms with Gasteiger partial charge in [0.05, 0.1) is 17.7 Å². The first kappa shape index (κ1) is 20.3. The number of guanidine groups is 1. The second-order valence-electron chi connectivity index (χ2n) is 6.83. The van der Waals surface area contributed by atoms with Crippen LogP contribution in [0, 0.1) is 19.7 Å². The van der Waals surface area contributed by atoms with Gasteiger partial charge in [-0.05, 0) is 68.1 Å². The van der Waals surface area contributed by atoms with Gasteiger partial charge in [-0.1, -0.05) is 17.7 Å². The number of hydrogen-bond donors (Lipinski definition) is 2. The Morgan fingerprint density at radius 1 is 1.25 bits per heavy atom. The summed E-state index contributed by atoms with van der Waals surface area (Å²) < 4.78 is 19.0. The predicted octanol–water partition coefficient (Wildman–Crippen LogP) is 4.47. The Balaban J connectivity index is 1.77. The molecular weight excluding hydrogens is 381 g/mol. The zero-order valence-corrected chi connectivity index (χ0v) is 16.6. The third kappa shape index (κ3) is 5.30. The second-order valence-corrected chi connectivity index (χ2v) is 7.24. The molecule has 0 aromatic heterocycles. The zero-order valence-electron chi connectivity index (χ0n) is 15.9. The molecule has 1 atom stereocenters. The van der Waals surface area contributed by atoms with E-state index >= 15 is 0 Å². The maximum Gasteiger partial charge on any atom is 0.257 e. The van der Waals surface area contributed by atoms with Crippen molar-refractivity contribution in [3.8, 4) is 0 Å². The molecule has 1 amide bonds. The SMILES string of the molecule is Cc1ccc(C(=O)NC(=NCC2CCCO2)Nc2ccc(F)c(Cl)c2)cc1C. The van der Waals surface area contributed by atoms with E-state index in [0.717, 1.165) is 30.6 Å². The quantitative estimate of drug-likeness (QED) is 0.584. The summed E-state index contributed by atoms with van der Waals surface area (Å²) in [6.07, 6.45) is 1.97. The van der Waals surface area contributed by atoms with Gasteiger partial charge < -0.3 is 10.1 Å². The number of nitrogens with one attached hydrogen (secondary N) is 2. The number of amides is 1. The molecule has 0 saturated carbocycles. The lowest BCUT2D eigenvalue weighted by molar-refractivity contribution is 0.0975.